The highest BCUT2D eigenvalue weighted by molar-refractivity contribution is 7.17. The van der Waals surface area contributed by atoms with Gasteiger partial charge in [0.1, 0.15) is 18.1 Å². The predicted molar refractivity (Wildman–Crippen MR) is 181 cm³/mol. The standard InChI is InChI=1S/C20H34FN2O3P.C11H10O.C2H6.C2H2/c1-7-9-22-16-11-23(10-8-15(16)13(2)3)19(24)17(14(4)18(21)27)26-12-20(5,6)25;1-2-4-11-9(3-1)10(7-12-11)8-5-6-8;2*1-2/h9,13,18,25H,7-8,10-12,27H2,1-6H3;1-4,7-8H,5-6H2;1-2H3;1-2H/b17-14+,22-9?;;;. The maximum atomic E-state index is 13.9. The molecule has 0 radical (unpaired) electrons. The molecule has 1 aliphatic heterocycles. The number of nitrogens with zero attached hydrogens (tertiary/aromatic N) is 2. The Morgan fingerprint density at radius 2 is 1.91 bits per heavy atom. The lowest BCUT2D eigenvalue weighted by Gasteiger charge is -2.32. The van der Waals surface area contributed by atoms with Crippen molar-refractivity contribution in [1.29, 1.82) is 0 Å². The van der Waals surface area contributed by atoms with Crippen molar-refractivity contribution in [1.82, 2.24) is 4.90 Å². The summed E-state index contributed by atoms with van der Waals surface area (Å²) in [5.41, 5.74) is 3.66. The zero-order valence-corrected chi connectivity index (χ0v) is 28.5. The van der Waals surface area contributed by atoms with Crippen molar-refractivity contribution in [3.8, 4) is 12.8 Å². The second-order valence-corrected chi connectivity index (χ2v) is 11.9. The maximum absolute atomic E-state index is 13.9. The largest absolute Gasteiger partial charge is 0.485 e. The third kappa shape index (κ3) is 11.9. The van der Waals surface area contributed by atoms with Gasteiger partial charge in [-0.15, -0.1) is 12.8 Å². The molecule has 1 N–H and O–H groups in total. The normalized spacial score (nSPS) is 16.4. The van der Waals surface area contributed by atoms with Gasteiger partial charge in [-0.05, 0) is 69.9 Å². The van der Waals surface area contributed by atoms with Gasteiger partial charge in [0.25, 0.3) is 5.91 Å². The van der Waals surface area contributed by atoms with Crippen molar-refractivity contribution in [2.45, 2.75) is 98.5 Å². The lowest BCUT2D eigenvalue weighted by Crippen LogP contribution is -2.40. The molecule has 2 atom stereocenters. The van der Waals surface area contributed by atoms with E-state index in [0.717, 1.165) is 30.0 Å². The maximum Gasteiger partial charge on any atom is 0.289 e. The topological polar surface area (TPSA) is 75.3 Å². The second kappa shape index (κ2) is 18.7. The minimum Gasteiger partial charge on any atom is -0.485 e. The van der Waals surface area contributed by atoms with Gasteiger partial charge in [-0.3, -0.25) is 9.79 Å². The van der Waals surface area contributed by atoms with Crippen molar-refractivity contribution in [3.05, 3.63) is 58.7 Å². The van der Waals surface area contributed by atoms with Crippen molar-refractivity contribution >= 4 is 32.3 Å². The predicted octanol–water partition coefficient (Wildman–Crippen LogP) is 8.43. The number of terminal acetylenes is 1. The zero-order chi connectivity index (χ0) is 32.7. The van der Waals surface area contributed by atoms with Crippen LogP contribution >= 0.6 is 9.24 Å². The van der Waals surface area contributed by atoms with Crippen LogP contribution in [0.4, 0.5) is 4.39 Å². The van der Waals surface area contributed by atoms with Crippen LogP contribution in [0.1, 0.15) is 92.6 Å². The summed E-state index contributed by atoms with van der Waals surface area (Å²) in [5, 5.41) is 11.2. The smallest absolute Gasteiger partial charge is 0.289 e. The first kappa shape index (κ1) is 38.1. The van der Waals surface area contributed by atoms with Gasteiger partial charge >= 0.3 is 0 Å². The Kier molecular flexibility index (Phi) is 16.5. The van der Waals surface area contributed by atoms with E-state index in [4.69, 9.17) is 9.15 Å². The Labute approximate surface area is 261 Å². The number of hydrogen-bond donors (Lipinski definition) is 1. The summed E-state index contributed by atoms with van der Waals surface area (Å²) in [7, 11) is 2.03. The fourth-order valence-electron chi connectivity index (χ4n) is 4.45. The molecule has 43 heavy (non-hydrogen) atoms. The number of amides is 1. The van der Waals surface area contributed by atoms with Gasteiger partial charge < -0.3 is 19.2 Å². The molecule has 4 rings (SSSR count). The molecule has 0 bridgehead atoms. The SMILES string of the molecule is C#C.CC.CCC=NC1=C(C(C)C)CCN(C(=O)/C(OCC(C)(C)O)=C(/C)C(F)P)C1.c1ccc2c(C3CC3)coc2c1. The summed E-state index contributed by atoms with van der Waals surface area (Å²) in [4.78, 5) is 19.3. The Morgan fingerprint density at radius 1 is 1.28 bits per heavy atom. The number of alkyl halides is 1. The summed E-state index contributed by atoms with van der Waals surface area (Å²) in [6.45, 7) is 15.8. The summed E-state index contributed by atoms with van der Waals surface area (Å²) < 4.78 is 24.9. The Morgan fingerprint density at radius 3 is 2.44 bits per heavy atom. The molecule has 2 aliphatic rings. The number of para-hydroxylation sites is 1. The number of furan rings is 1. The number of aliphatic imine (C=N–C) groups is 1. The molecule has 8 heteroatoms. The molecule has 6 nitrogen and oxygen atoms in total. The average Bonchev–Trinajstić information content (AvgIpc) is 3.75. The number of ether oxygens (including phenoxy) is 1. The van der Waals surface area contributed by atoms with Crippen LogP contribution in [0.2, 0.25) is 0 Å². The first-order valence-corrected chi connectivity index (χ1v) is 15.9. The quantitative estimate of drug-likeness (QED) is 0.101. The molecule has 1 aliphatic carbocycles. The minimum absolute atomic E-state index is 0.0357. The number of carbonyl (C=O) groups excluding carboxylic acids is 1. The molecule has 0 spiro atoms. The van der Waals surface area contributed by atoms with E-state index in [1.165, 1.54) is 36.3 Å². The summed E-state index contributed by atoms with van der Waals surface area (Å²) in [5.74, 6) is -0.652. The number of fused-ring (bicyclic) bond motifs is 1. The monoisotopic (exact) mass is 614 g/mol. The van der Waals surface area contributed by atoms with E-state index >= 15 is 0 Å². The van der Waals surface area contributed by atoms with E-state index in [0.29, 0.717) is 19.0 Å². The van der Waals surface area contributed by atoms with Crippen molar-refractivity contribution in [2.24, 2.45) is 10.9 Å². The van der Waals surface area contributed by atoms with E-state index in [1.807, 2.05) is 54.6 Å². The molecule has 1 aromatic carbocycles. The van der Waals surface area contributed by atoms with Crippen LogP contribution < -0.4 is 0 Å². The molecule has 1 amide bonds. The zero-order valence-electron chi connectivity index (χ0n) is 27.3. The number of carbonyl (C=O) groups is 1. The van der Waals surface area contributed by atoms with Crippen LogP contribution in [-0.4, -0.2) is 53.3 Å². The minimum atomic E-state index is -1.39. The average molecular weight is 615 g/mol. The van der Waals surface area contributed by atoms with Crippen LogP contribution in [-0.2, 0) is 9.53 Å². The molecule has 2 unspecified atom stereocenters. The van der Waals surface area contributed by atoms with Crippen molar-refractivity contribution in [2.75, 3.05) is 19.7 Å². The van der Waals surface area contributed by atoms with E-state index in [1.54, 1.807) is 18.7 Å². The van der Waals surface area contributed by atoms with E-state index < -0.39 is 11.5 Å². The highest BCUT2D eigenvalue weighted by atomic mass is 31.0. The van der Waals surface area contributed by atoms with Gasteiger partial charge in [-0.1, -0.05) is 62.1 Å². The van der Waals surface area contributed by atoms with E-state index in [-0.39, 0.29) is 23.8 Å². The Balaban J connectivity index is 0.000000470. The number of halogens is 1. The summed E-state index contributed by atoms with van der Waals surface area (Å²) in [6.07, 6.45) is 16.0. The summed E-state index contributed by atoms with van der Waals surface area (Å²) >= 11 is 0. The first-order valence-electron chi connectivity index (χ1n) is 15.2. The molecule has 1 saturated carbocycles. The first-order chi connectivity index (χ1) is 20.4. The van der Waals surface area contributed by atoms with Crippen LogP contribution in [0, 0.1) is 18.8 Å². The van der Waals surface area contributed by atoms with Crippen molar-refractivity contribution in [3.63, 3.8) is 0 Å². The number of benzene rings is 1. The third-order valence-corrected chi connectivity index (χ3v) is 7.34. The fraction of sp³-hybridized carbons (Fsp3) is 0.543. The molecular weight excluding hydrogens is 562 g/mol. The molecule has 238 valence electrons. The van der Waals surface area contributed by atoms with E-state index in [9.17, 15) is 14.3 Å². The van der Waals surface area contributed by atoms with Gasteiger partial charge in [-0.2, -0.15) is 0 Å². The highest BCUT2D eigenvalue weighted by Crippen LogP contribution is 2.43. The highest BCUT2D eigenvalue weighted by Gasteiger charge is 2.30. The number of hydrogen-bond acceptors (Lipinski definition) is 5. The lowest BCUT2D eigenvalue weighted by molar-refractivity contribution is -0.132. The molecule has 1 fully saturated rings. The Hall–Kier alpha value is -2.94. The molecule has 2 aromatic rings. The molecule has 2 heterocycles. The molecular formula is C35H52FN2O4P. The summed E-state index contributed by atoms with van der Waals surface area (Å²) in [6, 6.07) is 8.26. The van der Waals surface area contributed by atoms with Gasteiger partial charge in [-0.25, -0.2) is 4.39 Å². The van der Waals surface area contributed by atoms with Gasteiger partial charge in [0.2, 0.25) is 0 Å². The van der Waals surface area contributed by atoms with Crippen LogP contribution in [0.3, 0.4) is 0 Å². The lowest BCUT2D eigenvalue weighted by atomic mass is 9.94. The number of aliphatic hydroxyl groups is 1. The second-order valence-electron chi connectivity index (χ2n) is 11.3. The van der Waals surface area contributed by atoms with Crippen LogP contribution in [0.5, 0.6) is 0 Å². The van der Waals surface area contributed by atoms with Crippen LogP contribution in [0.25, 0.3) is 11.0 Å². The number of rotatable bonds is 9. The van der Waals surface area contributed by atoms with Crippen molar-refractivity contribution < 1.29 is 23.4 Å². The van der Waals surface area contributed by atoms with E-state index in [2.05, 4.69) is 43.8 Å². The molecule has 1 aromatic heterocycles. The molecule has 0 saturated heterocycles. The van der Waals surface area contributed by atoms with Gasteiger partial charge in [0.05, 0.1) is 24.1 Å². The fourth-order valence-corrected chi connectivity index (χ4v) is 4.60. The third-order valence-electron chi connectivity index (χ3n) is 6.84. The number of allylic oxidation sites excluding steroid dienone is 1. The van der Waals surface area contributed by atoms with Gasteiger partial charge in [0.15, 0.2) is 5.76 Å². The van der Waals surface area contributed by atoms with Crippen LogP contribution in [0.15, 0.2) is 62.5 Å². The Bertz CT molecular complexity index is 1260. The van der Waals surface area contributed by atoms with Gasteiger partial charge in [0, 0.05) is 29.3 Å².